The normalized spacial score (nSPS) is 32.8. The Labute approximate surface area is 243 Å². The molecule has 2 bridgehead atoms. The summed E-state index contributed by atoms with van der Waals surface area (Å²) >= 11 is 0. The molecule has 9 nitrogen and oxygen atoms in total. The summed E-state index contributed by atoms with van der Waals surface area (Å²) in [5.41, 5.74) is 0.109. The fourth-order valence-electron chi connectivity index (χ4n) is 6.56. The Hall–Kier alpha value is -2.02. The number of aliphatic hydroxyl groups excluding tert-OH is 3. The van der Waals surface area contributed by atoms with Crippen molar-refractivity contribution >= 4 is 8.32 Å². The number of methoxy groups -OCH3 is 2. The molecule has 3 aliphatic rings. The first kappa shape index (κ1) is 30.4. The van der Waals surface area contributed by atoms with Gasteiger partial charge in [-0.3, -0.25) is 0 Å². The molecular weight excluding hydrogens is 544 g/mol. The van der Waals surface area contributed by atoms with E-state index in [2.05, 4.69) is 33.9 Å². The number of ether oxygens (including phenoxy) is 5. The van der Waals surface area contributed by atoms with Crippen molar-refractivity contribution in [1.82, 2.24) is 0 Å². The number of aliphatic hydroxyl groups is 3. The summed E-state index contributed by atoms with van der Waals surface area (Å²) in [6.45, 7) is 10.1. The second kappa shape index (κ2) is 10.6. The summed E-state index contributed by atoms with van der Waals surface area (Å²) < 4.78 is 37.9. The van der Waals surface area contributed by atoms with Gasteiger partial charge >= 0.3 is 0 Å². The van der Waals surface area contributed by atoms with Crippen LogP contribution < -0.4 is 9.47 Å². The van der Waals surface area contributed by atoms with Gasteiger partial charge in [0.2, 0.25) is 5.79 Å². The lowest BCUT2D eigenvalue weighted by atomic mass is 9.67. The van der Waals surface area contributed by atoms with E-state index in [1.54, 1.807) is 14.2 Å². The Bertz CT molecular complexity index is 1160. The third-order valence-corrected chi connectivity index (χ3v) is 14.3. The lowest BCUT2D eigenvalue weighted by Crippen LogP contribution is -2.60. The molecule has 0 radical (unpaired) electrons. The molecule has 0 amide bonds. The summed E-state index contributed by atoms with van der Waals surface area (Å²) in [5.74, 6) is -2.39. The van der Waals surface area contributed by atoms with E-state index in [0.717, 1.165) is 11.1 Å². The molecular formula is C31H44O9Si. The standard InChI is InChI=1S/C31H44O9Si/c1-28(2,3)41(6,7)40-29-16-26(34)30(39-29,25(18-33)24(29)17-32)27-19-37-31(38-27,20-8-12-22(35-4)13-9-20)21-10-14-23(36-5)15-11-21/h8-15,24-27,32-34H,16-19H2,1-7H3/t24-,25+,26-,27+,29+,30-/m1/s1. The Morgan fingerprint density at radius 1 is 0.878 bits per heavy atom. The molecule has 41 heavy (non-hydrogen) atoms. The number of benzene rings is 2. The molecule has 226 valence electrons. The summed E-state index contributed by atoms with van der Waals surface area (Å²) in [4.78, 5) is 0. The molecule has 3 N–H and O–H groups in total. The summed E-state index contributed by atoms with van der Waals surface area (Å²) in [6, 6.07) is 14.9. The highest BCUT2D eigenvalue weighted by Gasteiger charge is 2.77. The van der Waals surface area contributed by atoms with E-state index in [9.17, 15) is 15.3 Å². The van der Waals surface area contributed by atoms with Gasteiger partial charge in [0.1, 0.15) is 23.2 Å². The third kappa shape index (κ3) is 4.64. The average Bonchev–Trinajstić information content (AvgIpc) is 3.60. The van der Waals surface area contributed by atoms with Crippen LogP contribution in [0.4, 0.5) is 0 Å². The van der Waals surface area contributed by atoms with Gasteiger partial charge in [0.15, 0.2) is 14.1 Å². The summed E-state index contributed by atoms with van der Waals surface area (Å²) in [7, 11) is 0.798. The lowest BCUT2D eigenvalue weighted by Gasteiger charge is -2.46. The molecule has 6 atom stereocenters. The number of hydrogen-bond acceptors (Lipinski definition) is 9. The fourth-order valence-corrected chi connectivity index (χ4v) is 8.01. The SMILES string of the molecule is COc1ccc(C2(c3ccc(OC)cc3)OC[C@@H]([C@]34O[C@](O[Si](C)(C)C(C)(C)C)(C[C@H]3O)[C@H](CO)[C@@H]4CO)O2)cc1. The predicted octanol–water partition coefficient (Wildman–Crippen LogP) is 3.79. The Morgan fingerprint density at radius 3 is 1.83 bits per heavy atom. The van der Waals surface area contributed by atoms with E-state index in [1.165, 1.54) is 0 Å². The monoisotopic (exact) mass is 588 g/mol. The van der Waals surface area contributed by atoms with Crippen LogP contribution in [0.2, 0.25) is 18.1 Å². The molecule has 10 heteroatoms. The highest BCUT2D eigenvalue weighted by atomic mass is 28.4. The average molecular weight is 589 g/mol. The van der Waals surface area contributed by atoms with Crippen LogP contribution in [-0.2, 0) is 24.4 Å². The molecule has 0 saturated carbocycles. The van der Waals surface area contributed by atoms with E-state index < -0.39 is 49.5 Å². The van der Waals surface area contributed by atoms with Crippen molar-refractivity contribution in [2.45, 2.75) is 74.7 Å². The molecule has 3 aliphatic heterocycles. The van der Waals surface area contributed by atoms with Gasteiger partial charge < -0.3 is 43.4 Å². The zero-order chi connectivity index (χ0) is 29.8. The minimum atomic E-state index is -2.42. The van der Waals surface area contributed by atoms with Crippen molar-refractivity contribution in [3.05, 3.63) is 59.7 Å². The zero-order valence-electron chi connectivity index (χ0n) is 25.0. The van der Waals surface area contributed by atoms with Crippen molar-refractivity contribution in [3.8, 4) is 11.5 Å². The maximum atomic E-state index is 11.7. The quantitative estimate of drug-likeness (QED) is 0.376. The molecule has 3 fully saturated rings. The Morgan fingerprint density at radius 2 is 1.39 bits per heavy atom. The largest absolute Gasteiger partial charge is 0.497 e. The highest BCUT2D eigenvalue weighted by molar-refractivity contribution is 6.74. The zero-order valence-corrected chi connectivity index (χ0v) is 26.0. The van der Waals surface area contributed by atoms with Crippen LogP contribution in [0.15, 0.2) is 48.5 Å². The molecule has 0 unspecified atom stereocenters. The maximum absolute atomic E-state index is 11.7. The minimum Gasteiger partial charge on any atom is -0.497 e. The van der Waals surface area contributed by atoms with Crippen molar-refractivity contribution in [1.29, 1.82) is 0 Å². The second-order valence-electron chi connectivity index (χ2n) is 12.9. The molecule has 2 aromatic rings. The highest BCUT2D eigenvalue weighted by Crippen LogP contribution is 2.63. The topological polar surface area (TPSA) is 116 Å². The van der Waals surface area contributed by atoms with Gasteiger partial charge in [-0.25, -0.2) is 0 Å². The van der Waals surface area contributed by atoms with Gasteiger partial charge in [-0.1, -0.05) is 20.8 Å². The molecule has 0 aliphatic carbocycles. The minimum absolute atomic E-state index is 0.0833. The second-order valence-corrected chi connectivity index (χ2v) is 17.6. The van der Waals surface area contributed by atoms with E-state index in [0.29, 0.717) is 11.5 Å². The summed E-state index contributed by atoms with van der Waals surface area (Å²) in [5, 5.41) is 32.9. The molecule has 0 aromatic heterocycles. The predicted molar refractivity (Wildman–Crippen MR) is 154 cm³/mol. The van der Waals surface area contributed by atoms with Crippen molar-refractivity contribution in [2.75, 3.05) is 34.0 Å². The van der Waals surface area contributed by atoms with Gasteiger partial charge in [0.05, 0.1) is 33.5 Å². The first-order valence-corrected chi connectivity index (χ1v) is 17.1. The Balaban J connectivity index is 1.57. The molecule has 5 rings (SSSR count). The van der Waals surface area contributed by atoms with E-state index >= 15 is 0 Å². The van der Waals surface area contributed by atoms with Crippen molar-refractivity contribution in [3.63, 3.8) is 0 Å². The first-order chi connectivity index (χ1) is 19.3. The van der Waals surface area contributed by atoms with Crippen LogP contribution >= 0.6 is 0 Å². The van der Waals surface area contributed by atoms with Crippen LogP contribution in [0.5, 0.6) is 11.5 Å². The van der Waals surface area contributed by atoms with Gasteiger partial charge in [-0.05, 0) is 66.7 Å². The summed E-state index contributed by atoms with van der Waals surface area (Å²) in [6.07, 6.45) is -1.62. The molecule has 3 saturated heterocycles. The fraction of sp³-hybridized carbons (Fsp3) is 0.613. The Kier molecular flexibility index (Phi) is 7.87. The molecule has 3 heterocycles. The molecule has 0 spiro atoms. The van der Waals surface area contributed by atoms with Gasteiger partial charge in [-0.15, -0.1) is 0 Å². The van der Waals surface area contributed by atoms with Crippen LogP contribution in [0.1, 0.15) is 38.3 Å². The van der Waals surface area contributed by atoms with Crippen molar-refractivity contribution in [2.24, 2.45) is 11.8 Å². The van der Waals surface area contributed by atoms with E-state index in [-0.39, 0.29) is 31.3 Å². The first-order valence-electron chi connectivity index (χ1n) is 14.2. The van der Waals surface area contributed by atoms with Gasteiger partial charge in [0, 0.05) is 36.0 Å². The number of hydrogen-bond donors (Lipinski definition) is 3. The smallest absolute Gasteiger partial charge is 0.222 e. The third-order valence-electron chi connectivity index (χ3n) is 9.80. The number of fused-ring (bicyclic) bond motifs is 2. The van der Waals surface area contributed by atoms with Crippen LogP contribution in [0.3, 0.4) is 0 Å². The molecule has 2 aromatic carbocycles. The van der Waals surface area contributed by atoms with Crippen molar-refractivity contribution < 1.29 is 43.4 Å². The lowest BCUT2D eigenvalue weighted by molar-refractivity contribution is -0.230. The van der Waals surface area contributed by atoms with Gasteiger partial charge in [0.25, 0.3) is 0 Å². The van der Waals surface area contributed by atoms with Gasteiger partial charge in [-0.2, -0.15) is 0 Å². The van der Waals surface area contributed by atoms with E-state index in [1.807, 2.05) is 48.5 Å². The van der Waals surface area contributed by atoms with Crippen LogP contribution in [0, 0.1) is 11.8 Å². The maximum Gasteiger partial charge on any atom is 0.222 e. The number of rotatable bonds is 9. The van der Waals surface area contributed by atoms with Crippen LogP contribution in [0.25, 0.3) is 0 Å². The van der Waals surface area contributed by atoms with E-state index in [4.69, 9.17) is 28.1 Å². The van der Waals surface area contributed by atoms with Crippen LogP contribution in [-0.4, -0.2) is 81.3 Å².